The summed E-state index contributed by atoms with van der Waals surface area (Å²) in [6.45, 7) is 5.26. The molecule has 3 aromatic rings. The Morgan fingerprint density at radius 3 is 2.52 bits per heavy atom. The number of aliphatic hydroxyl groups is 1. The summed E-state index contributed by atoms with van der Waals surface area (Å²) in [4.78, 5) is 28.2. The van der Waals surface area contributed by atoms with E-state index in [9.17, 15) is 9.90 Å². The summed E-state index contributed by atoms with van der Waals surface area (Å²) in [5.74, 6) is 0.702. The lowest BCUT2D eigenvalue weighted by Crippen LogP contribution is -2.36. The first-order valence-corrected chi connectivity index (χ1v) is 10.1. The molecule has 0 radical (unpaired) electrons. The average molecular weight is 392 g/mol. The Kier molecular flexibility index (Phi) is 4.31. The van der Waals surface area contributed by atoms with E-state index in [-0.39, 0.29) is 11.9 Å². The highest BCUT2D eigenvalue weighted by atomic mass is 16.3. The van der Waals surface area contributed by atoms with Crippen molar-refractivity contribution in [2.75, 3.05) is 13.1 Å². The molecule has 5 rings (SSSR count). The summed E-state index contributed by atoms with van der Waals surface area (Å²) in [6, 6.07) is 5.47. The van der Waals surface area contributed by atoms with E-state index < -0.39 is 6.10 Å². The Morgan fingerprint density at radius 1 is 1.07 bits per heavy atom. The van der Waals surface area contributed by atoms with E-state index in [0.29, 0.717) is 36.9 Å². The maximum absolute atomic E-state index is 13.2. The van der Waals surface area contributed by atoms with Crippen LogP contribution in [0.5, 0.6) is 0 Å². The van der Waals surface area contributed by atoms with Crippen molar-refractivity contribution in [3.63, 3.8) is 0 Å². The number of carbonyl (C=O) groups excluding carboxylic acids is 1. The quantitative estimate of drug-likeness (QED) is 0.716. The van der Waals surface area contributed by atoms with Crippen molar-refractivity contribution in [1.82, 2.24) is 29.6 Å². The fourth-order valence-electron chi connectivity index (χ4n) is 4.79. The van der Waals surface area contributed by atoms with Crippen LogP contribution < -0.4 is 0 Å². The molecule has 1 N–H and O–H groups in total. The first-order valence-electron chi connectivity index (χ1n) is 10.1. The van der Waals surface area contributed by atoms with Gasteiger partial charge in [0.2, 0.25) is 0 Å². The number of nitrogens with zero attached hydrogens (tertiary/aromatic N) is 6. The van der Waals surface area contributed by atoms with Crippen LogP contribution in [-0.2, 0) is 0 Å². The third kappa shape index (κ3) is 3.17. The Bertz CT molecular complexity index is 1070. The molecule has 1 saturated carbocycles. The zero-order chi connectivity index (χ0) is 20.1. The van der Waals surface area contributed by atoms with Crippen LogP contribution in [0.1, 0.15) is 40.6 Å². The van der Waals surface area contributed by atoms with E-state index in [1.54, 1.807) is 11.0 Å². The van der Waals surface area contributed by atoms with Gasteiger partial charge in [-0.05, 0) is 56.7 Å². The van der Waals surface area contributed by atoms with Crippen LogP contribution in [0, 0.1) is 25.7 Å². The highest BCUT2D eigenvalue weighted by Gasteiger charge is 2.44. The lowest BCUT2D eigenvalue weighted by Gasteiger charge is -2.34. The molecule has 0 bridgehead atoms. The molecular formula is C21H24N6O2. The second-order valence-electron chi connectivity index (χ2n) is 8.31. The van der Waals surface area contributed by atoms with Crippen molar-refractivity contribution in [1.29, 1.82) is 0 Å². The topological polar surface area (TPSA) is 97.0 Å². The van der Waals surface area contributed by atoms with Crippen LogP contribution in [-0.4, -0.2) is 59.8 Å². The summed E-state index contributed by atoms with van der Waals surface area (Å²) in [5, 5.41) is 14.8. The number of rotatable bonds is 2. The van der Waals surface area contributed by atoms with Crippen LogP contribution in [0.25, 0.3) is 11.0 Å². The molecular weight excluding hydrogens is 368 g/mol. The molecule has 29 heavy (non-hydrogen) atoms. The standard InChI is InChI=1S/C21H24N6O2/c1-12-13(2)25-18-5-14(3-4-17(18)24-12)21(29)26-8-15-6-19(27-11-22-10-23-27)20(28)7-16(15)9-26/h3-5,10-11,15-16,19-20,28H,6-9H2,1-2H3/t15-,16+,19-,20-/m1/s1. The molecule has 1 amide bonds. The second kappa shape index (κ2) is 6.88. The largest absolute Gasteiger partial charge is 0.391 e. The van der Waals surface area contributed by atoms with Crippen molar-refractivity contribution in [2.45, 2.75) is 38.8 Å². The Morgan fingerprint density at radius 2 is 1.79 bits per heavy atom. The van der Waals surface area contributed by atoms with Gasteiger partial charge in [0.15, 0.2) is 0 Å². The van der Waals surface area contributed by atoms with Crippen molar-refractivity contribution in [3.05, 3.63) is 47.8 Å². The summed E-state index contributed by atoms with van der Waals surface area (Å²) in [7, 11) is 0. The maximum Gasteiger partial charge on any atom is 0.253 e. The van der Waals surface area contributed by atoms with Crippen molar-refractivity contribution in [3.8, 4) is 0 Å². The van der Waals surface area contributed by atoms with Gasteiger partial charge >= 0.3 is 0 Å². The van der Waals surface area contributed by atoms with Gasteiger partial charge in [0.1, 0.15) is 12.7 Å². The third-order valence-corrected chi connectivity index (χ3v) is 6.49. The third-order valence-electron chi connectivity index (χ3n) is 6.49. The second-order valence-corrected chi connectivity index (χ2v) is 8.31. The summed E-state index contributed by atoms with van der Waals surface area (Å²) in [5.41, 5.74) is 3.97. The van der Waals surface area contributed by atoms with Crippen LogP contribution in [0.15, 0.2) is 30.9 Å². The molecule has 8 nitrogen and oxygen atoms in total. The molecule has 0 unspecified atom stereocenters. The molecule has 2 aliphatic rings. The fraction of sp³-hybridized carbons (Fsp3) is 0.476. The van der Waals surface area contributed by atoms with Gasteiger partial charge in [0.05, 0.1) is 34.6 Å². The molecule has 1 saturated heterocycles. The number of amides is 1. The number of benzene rings is 1. The summed E-state index contributed by atoms with van der Waals surface area (Å²) < 4.78 is 1.75. The molecule has 1 aliphatic heterocycles. The maximum atomic E-state index is 13.2. The summed E-state index contributed by atoms with van der Waals surface area (Å²) in [6.07, 6.45) is 4.18. The molecule has 150 valence electrons. The Hall–Kier alpha value is -2.87. The predicted molar refractivity (Wildman–Crippen MR) is 106 cm³/mol. The zero-order valence-electron chi connectivity index (χ0n) is 16.6. The number of aryl methyl sites for hydroxylation is 2. The van der Waals surface area contributed by atoms with Gasteiger partial charge in [-0.1, -0.05) is 0 Å². The number of carbonyl (C=O) groups is 1. The normalized spacial score (nSPS) is 26.7. The highest BCUT2D eigenvalue weighted by molar-refractivity contribution is 5.97. The van der Waals surface area contributed by atoms with E-state index in [4.69, 9.17) is 0 Å². The van der Waals surface area contributed by atoms with Gasteiger partial charge in [-0.25, -0.2) is 19.6 Å². The molecule has 2 aromatic heterocycles. The van der Waals surface area contributed by atoms with E-state index in [0.717, 1.165) is 28.8 Å². The number of likely N-dealkylation sites (tertiary alicyclic amines) is 1. The predicted octanol–water partition coefficient (Wildman–Crippen LogP) is 1.92. The molecule has 2 fully saturated rings. The Balaban J connectivity index is 1.35. The average Bonchev–Trinajstić information content (AvgIpc) is 3.36. The zero-order valence-corrected chi connectivity index (χ0v) is 16.6. The van der Waals surface area contributed by atoms with Crippen LogP contribution >= 0.6 is 0 Å². The minimum absolute atomic E-state index is 0.0214. The minimum atomic E-state index is -0.463. The highest BCUT2D eigenvalue weighted by Crippen LogP contribution is 2.41. The van der Waals surface area contributed by atoms with Gasteiger partial charge in [0.25, 0.3) is 5.91 Å². The minimum Gasteiger partial charge on any atom is -0.391 e. The number of aliphatic hydroxyl groups excluding tert-OH is 1. The van der Waals surface area contributed by atoms with Crippen molar-refractivity contribution < 1.29 is 9.90 Å². The van der Waals surface area contributed by atoms with Gasteiger partial charge in [-0.15, -0.1) is 0 Å². The molecule has 1 aromatic carbocycles. The summed E-state index contributed by atoms with van der Waals surface area (Å²) >= 11 is 0. The van der Waals surface area contributed by atoms with Crippen LogP contribution in [0.3, 0.4) is 0 Å². The number of hydrogen-bond donors (Lipinski definition) is 1. The van der Waals surface area contributed by atoms with Gasteiger partial charge in [0, 0.05) is 18.7 Å². The SMILES string of the molecule is Cc1nc2ccc(C(=O)N3C[C@H]4C[C@@H](n5cncn5)[C@H](O)C[C@H]4C3)cc2nc1C. The monoisotopic (exact) mass is 392 g/mol. The van der Waals surface area contributed by atoms with Crippen LogP contribution in [0.2, 0.25) is 0 Å². The first kappa shape index (κ1) is 18.2. The first-order chi connectivity index (χ1) is 14.0. The van der Waals surface area contributed by atoms with E-state index in [2.05, 4.69) is 20.1 Å². The van der Waals surface area contributed by atoms with E-state index >= 15 is 0 Å². The number of aromatic nitrogens is 5. The smallest absolute Gasteiger partial charge is 0.253 e. The van der Waals surface area contributed by atoms with Gasteiger partial charge < -0.3 is 10.0 Å². The lowest BCUT2D eigenvalue weighted by atomic mass is 9.77. The molecule has 3 heterocycles. The Labute approximate surface area is 168 Å². The number of hydrogen-bond acceptors (Lipinski definition) is 6. The molecule has 0 spiro atoms. The van der Waals surface area contributed by atoms with Crippen LogP contribution in [0.4, 0.5) is 0 Å². The van der Waals surface area contributed by atoms with E-state index in [1.807, 2.05) is 36.9 Å². The molecule has 8 heteroatoms. The molecule has 1 aliphatic carbocycles. The van der Waals surface area contributed by atoms with Gasteiger partial charge in [-0.3, -0.25) is 4.79 Å². The fourth-order valence-corrected chi connectivity index (χ4v) is 4.79. The number of fused-ring (bicyclic) bond motifs is 2. The molecule has 4 atom stereocenters. The van der Waals surface area contributed by atoms with Crippen molar-refractivity contribution >= 4 is 16.9 Å². The lowest BCUT2D eigenvalue weighted by molar-refractivity contribution is 0.0304. The van der Waals surface area contributed by atoms with E-state index in [1.165, 1.54) is 6.33 Å². The van der Waals surface area contributed by atoms with Gasteiger partial charge in [-0.2, -0.15) is 5.10 Å². The van der Waals surface area contributed by atoms with Crippen molar-refractivity contribution in [2.24, 2.45) is 11.8 Å².